The molecule has 0 bridgehead atoms. The number of sulfonamides is 1. The van der Waals surface area contributed by atoms with Crippen LogP contribution in [0.3, 0.4) is 0 Å². The van der Waals surface area contributed by atoms with Crippen LogP contribution in [0.1, 0.15) is 25.7 Å². The standard InChI is InChI=1S/C8H15NO2S/c1-7-5-3-4-6-8(7)9-12(2,10)11/h8-9H,1,3-6H2,2H3. The molecule has 1 atom stereocenters. The van der Waals surface area contributed by atoms with Crippen molar-refractivity contribution >= 4 is 10.0 Å². The van der Waals surface area contributed by atoms with E-state index in [2.05, 4.69) is 11.3 Å². The Morgan fingerprint density at radius 1 is 1.50 bits per heavy atom. The molecule has 1 aliphatic rings. The number of hydrogen-bond acceptors (Lipinski definition) is 2. The third kappa shape index (κ3) is 2.95. The molecule has 0 spiro atoms. The Bertz CT molecular complexity index is 269. The van der Waals surface area contributed by atoms with Gasteiger partial charge in [0.05, 0.1) is 6.26 Å². The smallest absolute Gasteiger partial charge is 0.209 e. The second-order valence-corrected chi connectivity index (χ2v) is 5.13. The Morgan fingerprint density at radius 3 is 2.67 bits per heavy atom. The van der Waals surface area contributed by atoms with Crippen LogP contribution in [0.5, 0.6) is 0 Å². The lowest BCUT2D eigenvalue weighted by atomic mass is 9.92. The maximum atomic E-state index is 10.9. The molecule has 0 aliphatic heterocycles. The largest absolute Gasteiger partial charge is 0.213 e. The summed E-state index contributed by atoms with van der Waals surface area (Å²) in [5.74, 6) is 0. The maximum Gasteiger partial charge on any atom is 0.209 e. The van der Waals surface area contributed by atoms with Crippen molar-refractivity contribution in [2.45, 2.75) is 31.7 Å². The van der Waals surface area contributed by atoms with Gasteiger partial charge in [0.1, 0.15) is 0 Å². The average molecular weight is 189 g/mol. The fourth-order valence-electron chi connectivity index (χ4n) is 1.48. The maximum absolute atomic E-state index is 10.9. The molecule has 0 heterocycles. The fourth-order valence-corrected chi connectivity index (χ4v) is 2.28. The highest BCUT2D eigenvalue weighted by atomic mass is 32.2. The second kappa shape index (κ2) is 3.58. The Morgan fingerprint density at radius 2 is 2.17 bits per heavy atom. The molecular formula is C8H15NO2S. The van der Waals surface area contributed by atoms with Gasteiger partial charge in [0.15, 0.2) is 0 Å². The molecule has 4 heteroatoms. The summed E-state index contributed by atoms with van der Waals surface area (Å²) in [5, 5.41) is 0. The number of hydrogen-bond donors (Lipinski definition) is 1. The van der Waals surface area contributed by atoms with Crippen LogP contribution in [-0.2, 0) is 10.0 Å². The van der Waals surface area contributed by atoms with E-state index in [4.69, 9.17) is 0 Å². The monoisotopic (exact) mass is 189 g/mol. The van der Waals surface area contributed by atoms with Gasteiger partial charge in [0, 0.05) is 6.04 Å². The Balaban J connectivity index is 2.56. The van der Waals surface area contributed by atoms with Crippen LogP contribution in [-0.4, -0.2) is 20.7 Å². The lowest BCUT2D eigenvalue weighted by Gasteiger charge is -2.24. The van der Waals surface area contributed by atoms with Gasteiger partial charge in [0.2, 0.25) is 10.0 Å². The van der Waals surface area contributed by atoms with Crippen molar-refractivity contribution in [3.05, 3.63) is 12.2 Å². The summed E-state index contributed by atoms with van der Waals surface area (Å²) in [6.45, 7) is 3.85. The molecule has 3 nitrogen and oxygen atoms in total. The van der Waals surface area contributed by atoms with Crippen LogP contribution in [0.4, 0.5) is 0 Å². The zero-order valence-corrected chi connectivity index (χ0v) is 8.15. The molecular weight excluding hydrogens is 174 g/mol. The highest BCUT2D eigenvalue weighted by Gasteiger charge is 2.19. The summed E-state index contributed by atoms with van der Waals surface area (Å²) < 4.78 is 24.4. The van der Waals surface area contributed by atoms with Crippen molar-refractivity contribution in [2.24, 2.45) is 0 Å². The molecule has 1 saturated carbocycles. The third-order valence-corrected chi connectivity index (χ3v) is 2.80. The van der Waals surface area contributed by atoms with Crippen molar-refractivity contribution in [3.8, 4) is 0 Å². The van der Waals surface area contributed by atoms with E-state index < -0.39 is 10.0 Å². The van der Waals surface area contributed by atoms with Gasteiger partial charge in [0.25, 0.3) is 0 Å². The van der Waals surface area contributed by atoms with E-state index in [9.17, 15) is 8.42 Å². The summed E-state index contributed by atoms with van der Waals surface area (Å²) >= 11 is 0. The van der Waals surface area contributed by atoms with Gasteiger partial charge in [-0.2, -0.15) is 0 Å². The van der Waals surface area contributed by atoms with E-state index in [1.165, 1.54) is 6.26 Å². The van der Waals surface area contributed by atoms with Crippen molar-refractivity contribution in [1.82, 2.24) is 4.72 Å². The molecule has 0 radical (unpaired) electrons. The van der Waals surface area contributed by atoms with Crippen LogP contribution in [0, 0.1) is 0 Å². The van der Waals surface area contributed by atoms with Crippen molar-refractivity contribution in [3.63, 3.8) is 0 Å². The average Bonchev–Trinajstić information content (AvgIpc) is 1.91. The minimum atomic E-state index is -3.07. The van der Waals surface area contributed by atoms with Gasteiger partial charge < -0.3 is 0 Å². The van der Waals surface area contributed by atoms with Crippen molar-refractivity contribution in [1.29, 1.82) is 0 Å². The van der Waals surface area contributed by atoms with Crippen LogP contribution in [0.2, 0.25) is 0 Å². The van der Waals surface area contributed by atoms with E-state index in [1.54, 1.807) is 0 Å². The van der Waals surface area contributed by atoms with E-state index in [1.807, 2.05) is 0 Å². The zero-order chi connectivity index (χ0) is 9.19. The fraction of sp³-hybridized carbons (Fsp3) is 0.750. The minimum absolute atomic E-state index is 0.0197. The van der Waals surface area contributed by atoms with Crippen LogP contribution in [0.25, 0.3) is 0 Å². The van der Waals surface area contributed by atoms with Gasteiger partial charge in [-0.15, -0.1) is 0 Å². The predicted octanol–water partition coefficient (Wildman–Crippen LogP) is 1.03. The Labute approximate surface area is 73.9 Å². The van der Waals surface area contributed by atoms with Gasteiger partial charge in [-0.05, 0) is 19.3 Å². The van der Waals surface area contributed by atoms with Gasteiger partial charge in [-0.25, -0.2) is 13.1 Å². The van der Waals surface area contributed by atoms with E-state index in [0.717, 1.165) is 31.3 Å². The van der Waals surface area contributed by atoms with Gasteiger partial charge >= 0.3 is 0 Å². The number of nitrogens with one attached hydrogen (secondary N) is 1. The highest BCUT2D eigenvalue weighted by molar-refractivity contribution is 7.88. The van der Waals surface area contributed by atoms with E-state index in [0.29, 0.717) is 0 Å². The first-order valence-electron chi connectivity index (χ1n) is 4.14. The molecule has 0 aromatic carbocycles. The molecule has 0 amide bonds. The zero-order valence-electron chi connectivity index (χ0n) is 7.34. The molecule has 0 saturated heterocycles. The molecule has 1 unspecified atom stereocenters. The first-order chi connectivity index (χ1) is 5.49. The molecule has 70 valence electrons. The topological polar surface area (TPSA) is 46.2 Å². The van der Waals surface area contributed by atoms with Crippen molar-refractivity contribution < 1.29 is 8.42 Å². The molecule has 0 aromatic heterocycles. The third-order valence-electron chi connectivity index (χ3n) is 2.09. The lowest BCUT2D eigenvalue weighted by Crippen LogP contribution is -2.36. The highest BCUT2D eigenvalue weighted by Crippen LogP contribution is 2.22. The molecule has 1 N–H and O–H groups in total. The molecule has 1 rings (SSSR count). The first kappa shape index (κ1) is 9.74. The second-order valence-electron chi connectivity index (χ2n) is 3.35. The lowest BCUT2D eigenvalue weighted by molar-refractivity contribution is 0.497. The summed E-state index contributed by atoms with van der Waals surface area (Å²) in [7, 11) is -3.07. The van der Waals surface area contributed by atoms with Gasteiger partial charge in [-0.1, -0.05) is 18.6 Å². The predicted molar refractivity (Wildman–Crippen MR) is 49.4 cm³/mol. The Hall–Kier alpha value is -0.350. The van der Waals surface area contributed by atoms with E-state index in [-0.39, 0.29) is 6.04 Å². The van der Waals surface area contributed by atoms with Crippen LogP contribution in [0.15, 0.2) is 12.2 Å². The van der Waals surface area contributed by atoms with Crippen molar-refractivity contribution in [2.75, 3.05) is 6.26 Å². The summed E-state index contributed by atoms with van der Waals surface area (Å²) in [6.07, 6.45) is 5.26. The quantitative estimate of drug-likeness (QED) is 0.660. The summed E-state index contributed by atoms with van der Waals surface area (Å²) in [5.41, 5.74) is 1.02. The SMILES string of the molecule is C=C1CCCCC1NS(C)(=O)=O. The van der Waals surface area contributed by atoms with Crippen LogP contribution >= 0.6 is 0 Å². The summed E-state index contributed by atoms with van der Waals surface area (Å²) in [6, 6.07) is -0.0197. The first-order valence-corrected chi connectivity index (χ1v) is 6.03. The number of rotatable bonds is 2. The molecule has 12 heavy (non-hydrogen) atoms. The molecule has 0 aromatic rings. The van der Waals surface area contributed by atoms with Gasteiger partial charge in [-0.3, -0.25) is 0 Å². The van der Waals surface area contributed by atoms with E-state index >= 15 is 0 Å². The Kier molecular flexibility index (Phi) is 2.90. The summed E-state index contributed by atoms with van der Waals surface area (Å²) in [4.78, 5) is 0. The van der Waals surface area contributed by atoms with Crippen LogP contribution < -0.4 is 4.72 Å². The minimum Gasteiger partial charge on any atom is -0.213 e. The molecule has 1 aliphatic carbocycles. The normalized spacial score (nSPS) is 25.8. The molecule has 1 fully saturated rings.